The zero-order valence-corrected chi connectivity index (χ0v) is 14.4. The molecule has 3 rings (SSSR count). The molecule has 0 unspecified atom stereocenters. The lowest BCUT2D eigenvalue weighted by Gasteiger charge is -2.28. The second-order valence-corrected chi connectivity index (χ2v) is 6.40. The number of amides is 2. The van der Waals surface area contributed by atoms with Crippen LogP contribution in [0, 0.1) is 16.0 Å². The highest BCUT2D eigenvalue weighted by molar-refractivity contribution is 6.06. The Hall–Kier alpha value is -2.52. The molecule has 0 aliphatic carbocycles. The summed E-state index contributed by atoms with van der Waals surface area (Å²) in [4.78, 5) is 37.4. The maximum atomic E-state index is 12.4. The summed E-state index contributed by atoms with van der Waals surface area (Å²) in [5.74, 6) is -1.13. The van der Waals surface area contributed by atoms with E-state index in [1.165, 1.54) is 12.1 Å². The molecule has 2 N–H and O–H groups in total. The van der Waals surface area contributed by atoms with Crippen molar-refractivity contribution in [2.24, 2.45) is 5.92 Å². The third kappa shape index (κ3) is 4.17. The maximum Gasteiger partial charge on any atom is 0.293 e. The number of imide groups is 1. The number of anilines is 1. The Kier molecular flexibility index (Phi) is 5.79. The first-order valence-corrected chi connectivity index (χ1v) is 8.73. The van der Waals surface area contributed by atoms with Gasteiger partial charge in [0.05, 0.1) is 18.1 Å². The molecule has 9 nitrogen and oxygen atoms in total. The van der Waals surface area contributed by atoms with E-state index in [1.807, 2.05) is 4.90 Å². The number of hydrogen-bond donors (Lipinski definition) is 2. The van der Waals surface area contributed by atoms with Gasteiger partial charge in [0.1, 0.15) is 5.69 Å². The van der Waals surface area contributed by atoms with Crippen molar-refractivity contribution in [3.63, 3.8) is 0 Å². The zero-order valence-electron chi connectivity index (χ0n) is 14.4. The van der Waals surface area contributed by atoms with E-state index in [2.05, 4.69) is 10.6 Å². The summed E-state index contributed by atoms with van der Waals surface area (Å²) in [6.45, 7) is 3.60. The normalized spacial score (nSPS) is 18.4. The van der Waals surface area contributed by atoms with E-state index in [0.29, 0.717) is 44.8 Å². The molecule has 2 fully saturated rings. The van der Waals surface area contributed by atoms with Gasteiger partial charge in [-0.3, -0.25) is 25.0 Å². The van der Waals surface area contributed by atoms with Gasteiger partial charge in [-0.25, -0.2) is 0 Å². The Morgan fingerprint density at radius 3 is 2.58 bits per heavy atom. The lowest BCUT2D eigenvalue weighted by Crippen LogP contribution is -2.40. The number of morpholine rings is 1. The molecule has 2 aliphatic heterocycles. The molecule has 2 aliphatic rings. The smallest absolute Gasteiger partial charge is 0.293 e. The molecule has 2 amide bonds. The minimum atomic E-state index is -0.606. The summed E-state index contributed by atoms with van der Waals surface area (Å²) in [7, 11) is 0. The first kappa shape index (κ1) is 18.3. The number of piperidine rings is 1. The van der Waals surface area contributed by atoms with E-state index in [-0.39, 0.29) is 23.1 Å². The van der Waals surface area contributed by atoms with Gasteiger partial charge >= 0.3 is 0 Å². The van der Waals surface area contributed by atoms with E-state index < -0.39 is 10.8 Å². The molecule has 1 aromatic rings. The summed E-state index contributed by atoms with van der Waals surface area (Å²) in [5.41, 5.74) is 0.421. The highest BCUT2D eigenvalue weighted by Gasteiger charge is 2.26. The number of benzene rings is 1. The van der Waals surface area contributed by atoms with Crippen LogP contribution in [-0.4, -0.2) is 56.1 Å². The van der Waals surface area contributed by atoms with Crippen LogP contribution in [0.4, 0.5) is 11.4 Å². The van der Waals surface area contributed by atoms with Crippen LogP contribution < -0.4 is 15.5 Å². The number of carbonyl (C=O) groups excluding carboxylic acids is 2. The fourth-order valence-corrected chi connectivity index (χ4v) is 3.25. The highest BCUT2D eigenvalue weighted by atomic mass is 16.6. The van der Waals surface area contributed by atoms with Crippen LogP contribution in [-0.2, 0) is 9.53 Å². The number of hydrogen-bond acceptors (Lipinski definition) is 7. The summed E-state index contributed by atoms with van der Waals surface area (Å²) in [6, 6.07) is 4.31. The molecule has 140 valence electrons. The molecule has 2 saturated heterocycles. The number of nitro groups is 1. The second-order valence-electron chi connectivity index (χ2n) is 6.40. The average Bonchev–Trinajstić information content (AvgIpc) is 2.68. The van der Waals surface area contributed by atoms with Gasteiger partial charge in [-0.05, 0) is 38.1 Å². The number of nitro benzene ring substituents is 1. The molecule has 0 spiro atoms. The van der Waals surface area contributed by atoms with Gasteiger partial charge in [-0.2, -0.15) is 0 Å². The molecule has 0 aromatic heterocycles. The summed E-state index contributed by atoms with van der Waals surface area (Å²) in [6.07, 6.45) is 1.35. The molecule has 2 heterocycles. The molecular weight excluding hydrogens is 340 g/mol. The second kappa shape index (κ2) is 8.24. The van der Waals surface area contributed by atoms with Gasteiger partial charge in [0.2, 0.25) is 5.91 Å². The Bertz CT molecular complexity index is 696. The maximum absolute atomic E-state index is 12.4. The van der Waals surface area contributed by atoms with Crippen LogP contribution >= 0.6 is 0 Å². The third-order valence-corrected chi connectivity index (χ3v) is 4.73. The minimum absolute atomic E-state index is 0.107. The summed E-state index contributed by atoms with van der Waals surface area (Å²) in [5, 5.41) is 17.0. The fourth-order valence-electron chi connectivity index (χ4n) is 3.25. The molecule has 1 aromatic carbocycles. The van der Waals surface area contributed by atoms with E-state index >= 15 is 0 Å². The van der Waals surface area contributed by atoms with Crippen molar-refractivity contribution < 1.29 is 19.2 Å². The molecule has 0 atom stereocenters. The van der Waals surface area contributed by atoms with Crippen molar-refractivity contribution >= 4 is 23.2 Å². The van der Waals surface area contributed by atoms with Crippen LogP contribution in [0.1, 0.15) is 23.2 Å². The molecular formula is C17H22N4O5. The summed E-state index contributed by atoms with van der Waals surface area (Å²) < 4.78 is 5.27. The molecule has 26 heavy (non-hydrogen) atoms. The minimum Gasteiger partial charge on any atom is -0.378 e. The number of nitrogens with zero attached hydrogens (tertiary/aromatic N) is 2. The standard InChI is InChI=1S/C17H22N4O5/c22-16(12-3-5-18-6-4-12)19-17(23)13-1-2-14(15(11-13)21(24)25)20-7-9-26-10-8-20/h1-2,11-12,18H,3-10H2,(H,19,22,23). The Morgan fingerprint density at radius 1 is 1.23 bits per heavy atom. The van der Waals surface area contributed by atoms with Crippen LogP contribution in [0.2, 0.25) is 0 Å². The Balaban J connectivity index is 1.74. The lowest BCUT2D eigenvalue weighted by molar-refractivity contribution is -0.384. The van der Waals surface area contributed by atoms with E-state index in [9.17, 15) is 19.7 Å². The van der Waals surface area contributed by atoms with Crippen LogP contribution in [0.15, 0.2) is 18.2 Å². The number of ether oxygens (including phenoxy) is 1. The third-order valence-electron chi connectivity index (χ3n) is 4.73. The van der Waals surface area contributed by atoms with Gasteiger partial charge in [0.15, 0.2) is 0 Å². The predicted octanol–water partition coefficient (Wildman–Crippen LogP) is 0.687. The van der Waals surface area contributed by atoms with Crippen LogP contribution in [0.3, 0.4) is 0 Å². The molecule has 9 heteroatoms. The van der Waals surface area contributed by atoms with E-state index in [4.69, 9.17) is 4.74 Å². The van der Waals surface area contributed by atoms with E-state index in [1.54, 1.807) is 6.07 Å². The quantitative estimate of drug-likeness (QED) is 0.460. The van der Waals surface area contributed by atoms with Gasteiger partial charge in [-0.15, -0.1) is 0 Å². The molecule has 0 bridgehead atoms. The Morgan fingerprint density at radius 2 is 1.92 bits per heavy atom. The van der Waals surface area contributed by atoms with Crippen molar-refractivity contribution in [2.45, 2.75) is 12.8 Å². The first-order valence-electron chi connectivity index (χ1n) is 8.73. The van der Waals surface area contributed by atoms with Gasteiger partial charge in [-0.1, -0.05) is 0 Å². The topological polar surface area (TPSA) is 114 Å². The SMILES string of the molecule is O=C(NC(=O)C1CCNCC1)c1ccc(N2CCOCC2)c([N+](=O)[O-])c1. The highest BCUT2D eigenvalue weighted by Crippen LogP contribution is 2.30. The monoisotopic (exact) mass is 362 g/mol. The van der Waals surface area contributed by atoms with Gasteiger partial charge in [0, 0.05) is 30.6 Å². The number of carbonyl (C=O) groups is 2. The fraction of sp³-hybridized carbons (Fsp3) is 0.529. The van der Waals surface area contributed by atoms with Crippen molar-refractivity contribution in [3.05, 3.63) is 33.9 Å². The van der Waals surface area contributed by atoms with Crippen molar-refractivity contribution in [1.82, 2.24) is 10.6 Å². The Labute approximate surface area is 150 Å². The van der Waals surface area contributed by atoms with Gasteiger partial charge < -0.3 is 15.0 Å². The predicted molar refractivity (Wildman–Crippen MR) is 94.2 cm³/mol. The van der Waals surface area contributed by atoms with E-state index in [0.717, 1.165) is 13.1 Å². The van der Waals surface area contributed by atoms with Crippen molar-refractivity contribution in [3.8, 4) is 0 Å². The van der Waals surface area contributed by atoms with Crippen LogP contribution in [0.25, 0.3) is 0 Å². The average molecular weight is 362 g/mol. The van der Waals surface area contributed by atoms with Crippen molar-refractivity contribution in [2.75, 3.05) is 44.3 Å². The number of rotatable bonds is 4. The molecule has 0 radical (unpaired) electrons. The van der Waals surface area contributed by atoms with Gasteiger partial charge in [0.25, 0.3) is 11.6 Å². The number of nitrogens with one attached hydrogen (secondary N) is 2. The first-order chi connectivity index (χ1) is 12.6. The molecule has 0 saturated carbocycles. The van der Waals surface area contributed by atoms with Crippen molar-refractivity contribution in [1.29, 1.82) is 0 Å². The van der Waals surface area contributed by atoms with Crippen LogP contribution in [0.5, 0.6) is 0 Å². The largest absolute Gasteiger partial charge is 0.378 e. The zero-order chi connectivity index (χ0) is 18.5. The summed E-state index contributed by atoms with van der Waals surface area (Å²) >= 11 is 0. The lowest BCUT2D eigenvalue weighted by atomic mass is 9.97.